The molecule has 1 aliphatic rings. The standard InChI is InChI=1S/C23H19FNS.C18H24GeN.Ir/c24-18-6-7-19-20-13-17(5-8-22(20)26-23(19)14-18)21-12-16(9-10-25-21)11-15-3-1-2-4-15;1-14(2)11-16-12-18(15-9-7-6-8-10-15)20-13-17(16)19(3,4)5;/h6-10,12-15H,1-4,11H2;6-9,12-14H,11H2,1-5H3;/q2*-1;. The Kier molecular flexibility index (Phi) is 11.9. The number of hydrogen-bond acceptors (Lipinski definition) is 3. The first kappa shape index (κ1) is 35.6. The second-order valence-corrected chi connectivity index (χ2v) is 25.8. The van der Waals surface area contributed by atoms with E-state index in [1.54, 1.807) is 21.8 Å². The molecule has 6 heteroatoms. The number of hydrogen-bond donors (Lipinski definition) is 0. The number of halogens is 1. The second-order valence-electron chi connectivity index (χ2n) is 14.1. The molecule has 1 aliphatic carbocycles. The number of aromatic nitrogens is 2. The molecule has 47 heavy (non-hydrogen) atoms. The molecule has 1 saturated carbocycles. The van der Waals surface area contributed by atoms with Crippen LogP contribution in [-0.4, -0.2) is 23.2 Å². The molecule has 0 atom stereocenters. The molecule has 0 aliphatic heterocycles. The first-order chi connectivity index (χ1) is 22.1. The first-order valence-electron chi connectivity index (χ1n) is 16.6. The Balaban J connectivity index is 0.000000188. The molecular formula is C41H43FGeIrN2S-2. The zero-order valence-corrected chi connectivity index (χ0v) is 33.3. The predicted octanol–water partition coefficient (Wildman–Crippen LogP) is 11.1. The van der Waals surface area contributed by atoms with E-state index < -0.39 is 13.3 Å². The SMILES string of the molecule is CC(C)Cc1cc(-c2[c-]cccc2)nc[c]1[Ge]([CH3])([CH3])[CH3].Fc1ccc2c(c1)sc1c[c-]c(-c3cc(CC4CCCC4)ccn3)cc12.[Ir]. The summed E-state index contributed by atoms with van der Waals surface area (Å²) in [5.74, 6) is 8.63. The van der Waals surface area contributed by atoms with E-state index in [-0.39, 0.29) is 25.9 Å². The maximum atomic E-state index is 13.5. The van der Waals surface area contributed by atoms with E-state index in [0.29, 0.717) is 5.92 Å². The first-order valence-corrected chi connectivity index (χ1v) is 24.8. The van der Waals surface area contributed by atoms with Gasteiger partial charge in [0.1, 0.15) is 5.82 Å². The Hall–Kier alpha value is -2.70. The largest absolute Gasteiger partial charge is 0.305 e. The third-order valence-corrected chi connectivity index (χ3v) is 14.3. The van der Waals surface area contributed by atoms with Crippen LogP contribution in [0.25, 0.3) is 42.7 Å². The molecule has 7 rings (SSSR count). The molecule has 2 nitrogen and oxygen atoms in total. The van der Waals surface area contributed by atoms with Gasteiger partial charge in [-0.05, 0) is 46.3 Å². The van der Waals surface area contributed by atoms with Gasteiger partial charge in [-0.3, -0.25) is 0 Å². The van der Waals surface area contributed by atoms with E-state index >= 15 is 0 Å². The summed E-state index contributed by atoms with van der Waals surface area (Å²) in [6.07, 6.45) is 11.8. The molecule has 245 valence electrons. The van der Waals surface area contributed by atoms with Crippen molar-refractivity contribution in [3.8, 4) is 22.5 Å². The summed E-state index contributed by atoms with van der Waals surface area (Å²) in [5.41, 5.74) is 6.99. The Morgan fingerprint density at radius 2 is 1.66 bits per heavy atom. The zero-order chi connectivity index (χ0) is 32.3. The summed E-state index contributed by atoms with van der Waals surface area (Å²) in [6, 6.07) is 30.6. The van der Waals surface area contributed by atoms with Gasteiger partial charge in [-0.25, -0.2) is 4.39 Å². The summed E-state index contributed by atoms with van der Waals surface area (Å²) in [5, 5.41) is 2.26. The van der Waals surface area contributed by atoms with Crippen LogP contribution < -0.4 is 4.40 Å². The van der Waals surface area contributed by atoms with Crippen LogP contribution in [0.15, 0.2) is 85.2 Å². The van der Waals surface area contributed by atoms with Gasteiger partial charge in [-0.1, -0.05) is 48.8 Å². The summed E-state index contributed by atoms with van der Waals surface area (Å²) in [7, 11) is 0. The number of rotatable bonds is 7. The molecule has 3 aromatic heterocycles. The van der Waals surface area contributed by atoms with Crippen molar-refractivity contribution in [1.82, 2.24) is 9.97 Å². The number of pyridine rings is 2. The Morgan fingerprint density at radius 3 is 2.38 bits per heavy atom. The molecule has 1 fully saturated rings. The molecule has 0 spiro atoms. The van der Waals surface area contributed by atoms with Gasteiger partial charge in [0.15, 0.2) is 0 Å². The molecule has 0 saturated heterocycles. The van der Waals surface area contributed by atoms with Crippen LogP contribution in [0, 0.1) is 29.8 Å². The Labute approximate surface area is 300 Å². The van der Waals surface area contributed by atoms with E-state index in [1.165, 1.54) is 42.9 Å². The average molecular weight is 880 g/mol. The van der Waals surface area contributed by atoms with Crippen molar-refractivity contribution < 1.29 is 24.5 Å². The number of thiophene rings is 1. The third kappa shape index (κ3) is 8.86. The van der Waals surface area contributed by atoms with Crippen molar-refractivity contribution in [3.63, 3.8) is 0 Å². The average Bonchev–Trinajstić information content (AvgIpc) is 3.68. The minimum absolute atomic E-state index is 0. The van der Waals surface area contributed by atoms with Crippen molar-refractivity contribution in [2.75, 3.05) is 0 Å². The fourth-order valence-corrected chi connectivity index (χ4v) is 11.0. The molecule has 6 aromatic rings. The summed E-state index contributed by atoms with van der Waals surface area (Å²) in [4.78, 5) is 9.28. The van der Waals surface area contributed by atoms with Crippen LogP contribution in [0.5, 0.6) is 0 Å². The van der Waals surface area contributed by atoms with Gasteiger partial charge in [0, 0.05) is 31.0 Å². The summed E-state index contributed by atoms with van der Waals surface area (Å²) >= 11 is -0.245. The zero-order valence-electron chi connectivity index (χ0n) is 28.0. The molecule has 3 aromatic carbocycles. The quantitative estimate of drug-likeness (QED) is 0.118. The van der Waals surface area contributed by atoms with Gasteiger partial charge in [0.2, 0.25) is 0 Å². The number of nitrogens with zero attached hydrogens (tertiary/aromatic N) is 2. The van der Waals surface area contributed by atoms with Crippen molar-refractivity contribution in [2.24, 2.45) is 11.8 Å². The van der Waals surface area contributed by atoms with Gasteiger partial charge < -0.3 is 4.98 Å². The van der Waals surface area contributed by atoms with Crippen LogP contribution in [0.2, 0.25) is 17.3 Å². The fraction of sp³-hybridized carbons (Fsp3) is 0.317. The van der Waals surface area contributed by atoms with Gasteiger partial charge in [-0.15, -0.1) is 23.8 Å². The van der Waals surface area contributed by atoms with Crippen molar-refractivity contribution in [3.05, 3.63) is 114 Å². The fourth-order valence-electron chi connectivity index (χ4n) is 6.62. The maximum Gasteiger partial charge on any atom is 0.124 e. The topological polar surface area (TPSA) is 25.8 Å². The molecule has 3 heterocycles. The smallest absolute Gasteiger partial charge is 0.124 e. The number of fused-ring (bicyclic) bond motifs is 3. The second kappa shape index (κ2) is 15.7. The van der Waals surface area contributed by atoms with E-state index in [0.717, 1.165) is 61.4 Å². The molecule has 0 bridgehead atoms. The molecular weight excluding hydrogens is 836 g/mol. The Morgan fingerprint density at radius 1 is 0.872 bits per heavy atom. The van der Waals surface area contributed by atoms with Crippen molar-refractivity contribution in [1.29, 1.82) is 0 Å². The summed E-state index contributed by atoms with van der Waals surface area (Å²) in [6.45, 7) is 4.57. The monoisotopic (exact) mass is 881 g/mol. The van der Waals surface area contributed by atoms with Gasteiger partial charge in [-0.2, -0.15) is 11.3 Å². The van der Waals surface area contributed by atoms with Gasteiger partial charge in [0.05, 0.1) is 0 Å². The van der Waals surface area contributed by atoms with E-state index in [9.17, 15) is 4.39 Å². The normalized spacial score (nSPS) is 13.5. The van der Waals surface area contributed by atoms with Crippen molar-refractivity contribution in [2.45, 2.75) is 69.6 Å². The van der Waals surface area contributed by atoms with Crippen LogP contribution >= 0.6 is 11.3 Å². The van der Waals surface area contributed by atoms with Gasteiger partial charge in [0.25, 0.3) is 0 Å². The molecule has 1 radical (unpaired) electrons. The predicted molar refractivity (Wildman–Crippen MR) is 197 cm³/mol. The Bertz CT molecular complexity index is 1940. The summed E-state index contributed by atoms with van der Waals surface area (Å²) < 4.78 is 17.2. The van der Waals surface area contributed by atoms with Crippen LogP contribution in [0.4, 0.5) is 4.39 Å². The molecule has 0 amide bonds. The van der Waals surface area contributed by atoms with E-state index in [2.05, 4.69) is 84.8 Å². The van der Waals surface area contributed by atoms with Gasteiger partial charge >= 0.3 is 126 Å². The minimum atomic E-state index is -1.86. The molecule has 0 unspecified atom stereocenters. The molecule has 0 N–H and O–H groups in total. The van der Waals surface area contributed by atoms with E-state index in [4.69, 9.17) is 4.98 Å². The number of benzene rings is 3. The minimum Gasteiger partial charge on any atom is -0.305 e. The van der Waals surface area contributed by atoms with E-state index in [1.807, 2.05) is 36.5 Å². The maximum absolute atomic E-state index is 13.5. The van der Waals surface area contributed by atoms with Crippen LogP contribution in [-0.2, 0) is 32.9 Å². The van der Waals surface area contributed by atoms with Crippen LogP contribution in [0.1, 0.15) is 50.7 Å². The third-order valence-electron chi connectivity index (χ3n) is 8.88. The van der Waals surface area contributed by atoms with Crippen molar-refractivity contribution >= 4 is 49.2 Å². The van der Waals surface area contributed by atoms with Crippen LogP contribution in [0.3, 0.4) is 0 Å².